The number of hydrogen-bond donors (Lipinski definition) is 1. The van der Waals surface area contributed by atoms with Crippen molar-refractivity contribution >= 4 is 35.0 Å². The van der Waals surface area contributed by atoms with Gasteiger partial charge in [-0.2, -0.15) is 11.8 Å². The van der Waals surface area contributed by atoms with Gasteiger partial charge in [0.25, 0.3) is 5.91 Å². The SMILES string of the molecule is COCCN(C(=O)c1ccc(N)c(Cl)c1)C1CCSC1. The van der Waals surface area contributed by atoms with E-state index in [-0.39, 0.29) is 11.9 Å². The largest absolute Gasteiger partial charge is 0.398 e. The smallest absolute Gasteiger partial charge is 0.254 e. The molecule has 0 aliphatic carbocycles. The molecule has 1 fully saturated rings. The number of amides is 1. The highest BCUT2D eigenvalue weighted by Gasteiger charge is 2.27. The van der Waals surface area contributed by atoms with E-state index in [0.29, 0.717) is 29.4 Å². The number of anilines is 1. The Hall–Kier alpha value is -0.910. The Morgan fingerprint density at radius 2 is 2.40 bits per heavy atom. The van der Waals surface area contributed by atoms with Crippen LogP contribution in [0.2, 0.25) is 5.02 Å². The quantitative estimate of drug-likeness (QED) is 0.849. The van der Waals surface area contributed by atoms with Crippen LogP contribution in [0.5, 0.6) is 0 Å². The van der Waals surface area contributed by atoms with Gasteiger partial charge in [0.2, 0.25) is 0 Å². The van der Waals surface area contributed by atoms with Gasteiger partial charge in [0, 0.05) is 31.0 Å². The van der Waals surface area contributed by atoms with E-state index < -0.39 is 0 Å². The highest BCUT2D eigenvalue weighted by molar-refractivity contribution is 7.99. The Morgan fingerprint density at radius 3 is 3.00 bits per heavy atom. The van der Waals surface area contributed by atoms with Gasteiger partial charge in [-0.3, -0.25) is 4.79 Å². The minimum absolute atomic E-state index is 0.00329. The molecule has 1 amide bonds. The van der Waals surface area contributed by atoms with Crippen LogP contribution in [0.1, 0.15) is 16.8 Å². The number of halogens is 1. The number of carbonyl (C=O) groups excluding carboxylic acids is 1. The number of nitrogens with zero attached hydrogens (tertiary/aromatic N) is 1. The van der Waals surface area contributed by atoms with E-state index in [1.807, 2.05) is 16.7 Å². The molecule has 1 saturated heterocycles. The van der Waals surface area contributed by atoms with Gasteiger partial charge in [0.05, 0.1) is 17.3 Å². The maximum atomic E-state index is 12.7. The molecule has 1 aromatic rings. The number of ether oxygens (including phenoxy) is 1. The first-order valence-corrected chi connectivity index (χ1v) is 8.09. The molecule has 1 unspecified atom stereocenters. The van der Waals surface area contributed by atoms with E-state index in [1.54, 1.807) is 25.3 Å². The fourth-order valence-corrected chi connectivity index (χ4v) is 3.64. The lowest BCUT2D eigenvalue weighted by Gasteiger charge is -2.28. The zero-order chi connectivity index (χ0) is 14.5. The summed E-state index contributed by atoms with van der Waals surface area (Å²) in [7, 11) is 1.64. The number of nitrogen functional groups attached to an aromatic ring is 1. The van der Waals surface area contributed by atoms with Crippen molar-refractivity contribution in [3.05, 3.63) is 28.8 Å². The molecule has 1 aliphatic rings. The molecule has 0 radical (unpaired) electrons. The number of hydrogen-bond acceptors (Lipinski definition) is 4. The van der Waals surface area contributed by atoms with Gasteiger partial charge in [-0.05, 0) is 30.4 Å². The van der Waals surface area contributed by atoms with Gasteiger partial charge < -0.3 is 15.4 Å². The molecular weight excluding hydrogens is 296 g/mol. The zero-order valence-electron chi connectivity index (χ0n) is 11.5. The summed E-state index contributed by atoms with van der Waals surface area (Å²) in [6.07, 6.45) is 1.03. The number of benzene rings is 1. The molecule has 0 saturated carbocycles. The van der Waals surface area contributed by atoms with E-state index >= 15 is 0 Å². The van der Waals surface area contributed by atoms with E-state index in [2.05, 4.69) is 0 Å². The van der Waals surface area contributed by atoms with Crippen LogP contribution in [-0.4, -0.2) is 48.6 Å². The Morgan fingerprint density at radius 1 is 1.60 bits per heavy atom. The van der Waals surface area contributed by atoms with E-state index in [4.69, 9.17) is 22.1 Å². The zero-order valence-corrected chi connectivity index (χ0v) is 13.0. The third-order valence-electron chi connectivity index (χ3n) is 3.39. The van der Waals surface area contributed by atoms with Gasteiger partial charge in [-0.15, -0.1) is 0 Å². The lowest BCUT2D eigenvalue weighted by atomic mass is 10.1. The van der Waals surface area contributed by atoms with Crippen molar-refractivity contribution in [3.8, 4) is 0 Å². The second-order valence-corrected chi connectivity index (χ2v) is 6.30. The minimum atomic E-state index is -0.00329. The summed E-state index contributed by atoms with van der Waals surface area (Å²) in [5, 5.41) is 0.420. The summed E-state index contributed by atoms with van der Waals surface area (Å²) in [6.45, 7) is 1.14. The molecule has 20 heavy (non-hydrogen) atoms. The monoisotopic (exact) mass is 314 g/mol. The van der Waals surface area contributed by atoms with Crippen molar-refractivity contribution in [2.45, 2.75) is 12.5 Å². The first-order valence-electron chi connectivity index (χ1n) is 6.56. The van der Waals surface area contributed by atoms with Crippen molar-refractivity contribution < 1.29 is 9.53 Å². The van der Waals surface area contributed by atoms with Crippen molar-refractivity contribution in [1.29, 1.82) is 0 Å². The van der Waals surface area contributed by atoms with E-state index in [0.717, 1.165) is 17.9 Å². The van der Waals surface area contributed by atoms with Crippen LogP contribution in [0.3, 0.4) is 0 Å². The predicted molar refractivity (Wildman–Crippen MR) is 84.5 cm³/mol. The van der Waals surface area contributed by atoms with Crippen LogP contribution >= 0.6 is 23.4 Å². The number of rotatable bonds is 5. The maximum Gasteiger partial charge on any atom is 0.254 e. The van der Waals surface area contributed by atoms with Crippen molar-refractivity contribution in [1.82, 2.24) is 4.90 Å². The van der Waals surface area contributed by atoms with Crippen molar-refractivity contribution in [3.63, 3.8) is 0 Å². The molecule has 1 aliphatic heterocycles. The molecule has 0 bridgehead atoms. The van der Waals surface area contributed by atoms with Crippen molar-refractivity contribution in [2.75, 3.05) is 37.5 Å². The Labute approximate surface area is 128 Å². The Balaban J connectivity index is 2.17. The number of nitrogens with two attached hydrogens (primary N) is 1. The summed E-state index contributed by atoms with van der Waals surface area (Å²) >= 11 is 7.88. The van der Waals surface area contributed by atoms with Gasteiger partial charge in [0.15, 0.2) is 0 Å². The number of thioether (sulfide) groups is 1. The molecule has 6 heteroatoms. The average Bonchev–Trinajstić information content (AvgIpc) is 2.96. The topological polar surface area (TPSA) is 55.6 Å². The third kappa shape index (κ3) is 3.59. The molecular formula is C14H19ClN2O2S. The fourth-order valence-electron chi connectivity index (χ4n) is 2.23. The fraction of sp³-hybridized carbons (Fsp3) is 0.500. The van der Waals surface area contributed by atoms with Crippen molar-refractivity contribution in [2.24, 2.45) is 0 Å². The Kier molecular flexibility index (Phi) is 5.57. The molecule has 110 valence electrons. The lowest BCUT2D eigenvalue weighted by molar-refractivity contribution is 0.0624. The summed E-state index contributed by atoms with van der Waals surface area (Å²) in [5.74, 6) is 2.08. The first kappa shape index (κ1) is 15.5. The average molecular weight is 315 g/mol. The highest BCUT2D eigenvalue weighted by Crippen LogP contribution is 2.25. The molecule has 2 N–H and O–H groups in total. The molecule has 0 aromatic heterocycles. The van der Waals surface area contributed by atoms with Crippen LogP contribution < -0.4 is 5.73 Å². The first-order chi connectivity index (χ1) is 9.63. The van der Waals surface area contributed by atoms with Gasteiger partial charge in [-0.1, -0.05) is 11.6 Å². The molecule has 1 aromatic carbocycles. The summed E-state index contributed by atoms with van der Waals surface area (Å²) in [6, 6.07) is 5.32. The van der Waals surface area contributed by atoms with Crippen LogP contribution in [0.4, 0.5) is 5.69 Å². The summed E-state index contributed by atoms with van der Waals surface area (Å²) < 4.78 is 5.11. The third-order valence-corrected chi connectivity index (χ3v) is 4.86. The second-order valence-electron chi connectivity index (χ2n) is 4.75. The number of carbonyl (C=O) groups is 1. The van der Waals surface area contributed by atoms with Crippen LogP contribution in [0.25, 0.3) is 0 Å². The standard InChI is InChI=1S/C14H19ClN2O2S/c1-19-6-5-17(11-4-7-20-9-11)14(18)10-2-3-13(16)12(15)8-10/h2-3,8,11H,4-7,9,16H2,1H3. The molecule has 4 nitrogen and oxygen atoms in total. The molecule has 0 spiro atoms. The number of methoxy groups -OCH3 is 1. The minimum Gasteiger partial charge on any atom is -0.398 e. The maximum absolute atomic E-state index is 12.7. The molecule has 1 atom stereocenters. The van der Waals surface area contributed by atoms with Crippen LogP contribution in [0.15, 0.2) is 18.2 Å². The normalized spacial score (nSPS) is 18.2. The predicted octanol–water partition coefficient (Wildman–Crippen LogP) is 2.52. The van der Waals surface area contributed by atoms with Crippen LogP contribution in [-0.2, 0) is 4.74 Å². The van der Waals surface area contributed by atoms with Gasteiger partial charge >= 0.3 is 0 Å². The van der Waals surface area contributed by atoms with Gasteiger partial charge in [-0.25, -0.2) is 0 Å². The lowest BCUT2D eigenvalue weighted by Crippen LogP contribution is -2.42. The van der Waals surface area contributed by atoms with E-state index in [9.17, 15) is 4.79 Å². The highest BCUT2D eigenvalue weighted by atomic mass is 35.5. The van der Waals surface area contributed by atoms with E-state index in [1.165, 1.54) is 0 Å². The molecule has 2 rings (SSSR count). The summed E-state index contributed by atoms with van der Waals surface area (Å²) in [5.41, 5.74) is 6.76. The Bertz CT molecular complexity index is 478. The second kappa shape index (κ2) is 7.20. The van der Waals surface area contributed by atoms with Gasteiger partial charge in [0.1, 0.15) is 0 Å². The molecule has 1 heterocycles. The van der Waals surface area contributed by atoms with Crippen LogP contribution in [0, 0.1) is 0 Å². The summed E-state index contributed by atoms with van der Waals surface area (Å²) in [4.78, 5) is 14.6.